The van der Waals surface area contributed by atoms with E-state index < -0.39 is 23.5 Å². The first-order chi connectivity index (χ1) is 9.45. The number of rotatable bonds is 3. The molecule has 0 heterocycles. The molecular formula is C14H11ClF3NO. The van der Waals surface area contributed by atoms with Crippen LogP contribution in [0.3, 0.4) is 0 Å². The van der Waals surface area contributed by atoms with Gasteiger partial charge >= 0.3 is 0 Å². The molecule has 2 rings (SSSR count). The average Bonchev–Trinajstić information content (AvgIpc) is 2.44. The Morgan fingerprint density at radius 1 is 1.10 bits per heavy atom. The van der Waals surface area contributed by atoms with E-state index in [-0.39, 0.29) is 5.56 Å². The van der Waals surface area contributed by atoms with Gasteiger partial charge in [-0.05, 0) is 23.8 Å². The molecule has 20 heavy (non-hydrogen) atoms. The van der Waals surface area contributed by atoms with Crippen molar-refractivity contribution in [3.8, 4) is 5.75 Å². The third kappa shape index (κ3) is 2.59. The Bertz CT molecular complexity index is 649. The minimum Gasteiger partial charge on any atom is -0.495 e. The fourth-order valence-corrected chi connectivity index (χ4v) is 2.10. The lowest BCUT2D eigenvalue weighted by molar-refractivity contribution is 0.414. The third-order valence-corrected chi connectivity index (χ3v) is 3.23. The van der Waals surface area contributed by atoms with Gasteiger partial charge in [0, 0.05) is 5.56 Å². The first-order valence-corrected chi connectivity index (χ1v) is 6.06. The van der Waals surface area contributed by atoms with Crippen molar-refractivity contribution in [3.05, 3.63) is 63.9 Å². The molecule has 0 aliphatic rings. The predicted molar refractivity (Wildman–Crippen MR) is 70.4 cm³/mol. The van der Waals surface area contributed by atoms with Crippen molar-refractivity contribution in [2.75, 3.05) is 7.11 Å². The molecule has 0 saturated heterocycles. The van der Waals surface area contributed by atoms with Crippen LogP contribution in [0.4, 0.5) is 13.2 Å². The minimum absolute atomic E-state index is 0.148. The van der Waals surface area contributed by atoms with Crippen LogP contribution in [-0.4, -0.2) is 7.11 Å². The summed E-state index contributed by atoms with van der Waals surface area (Å²) < 4.78 is 44.8. The van der Waals surface area contributed by atoms with E-state index >= 15 is 0 Å². The summed E-state index contributed by atoms with van der Waals surface area (Å²) in [7, 11) is 1.45. The van der Waals surface area contributed by atoms with Crippen LogP contribution < -0.4 is 10.5 Å². The summed E-state index contributed by atoms with van der Waals surface area (Å²) >= 11 is 5.95. The van der Waals surface area contributed by atoms with Gasteiger partial charge in [0.15, 0.2) is 17.5 Å². The van der Waals surface area contributed by atoms with Crippen molar-refractivity contribution in [1.82, 2.24) is 0 Å². The van der Waals surface area contributed by atoms with E-state index in [1.807, 2.05) is 0 Å². The average molecular weight is 302 g/mol. The van der Waals surface area contributed by atoms with Crippen LogP contribution in [0, 0.1) is 17.5 Å². The minimum atomic E-state index is -1.54. The molecule has 0 saturated carbocycles. The second-order valence-electron chi connectivity index (χ2n) is 4.14. The maximum Gasteiger partial charge on any atom is 0.194 e. The number of methoxy groups -OCH3 is 1. The maximum absolute atomic E-state index is 13.7. The van der Waals surface area contributed by atoms with Crippen molar-refractivity contribution >= 4 is 11.6 Å². The number of hydrogen-bond acceptors (Lipinski definition) is 2. The van der Waals surface area contributed by atoms with Crippen LogP contribution in [0.15, 0.2) is 30.3 Å². The van der Waals surface area contributed by atoms with Gasteiger partial charge in [-0.1, -0.05) is 23.7 Å². The van der Waals surface area contributed by atoms with E-state index in [1.54, 1.807) is 12.1 Å². The van der Waals surface area contributed by atoms with Gasteiger partial charge < -0.3 is 10.5 Å². The van der Waals surface area contributed by atoms with E-state index in [0.717, 1.165) is 12.1 Å². The highest BCUT2D eigenvalue weighted by Crippen LogP contribution is 2.30. The lowest BCUT2D eigenvalue weighted by atomic mass is 9.98. The second-order valence-corrected chi connectivity index (χ2v) is 4.54. The SMILES string of the molecule is COc1ccc(C(N)c2ccc(F)c(F)c2F)cc1Cl. The number of hydrogen-bond donors (Lipinski definition) is 1. The zero-order chi connectivity index (χ0) is 14.9. The van der Waals surface area contributed by atoms with Crippen LogP contribution in [0.5, 0.6) is 5.75 Å². The highest BCUT2D eigenvalue weighted by atomic mass is 35.5. The molecule has 0 fully saturated rings. The Labute approximate surface area is 118 Å². The monoisotopic (exact) mass is 301 g/mol. The molecule has 0 radical (unpaired) electrons. The zero-order valence-electron chi connectivity index (χ0n) is 10.5. The third-order valence-electron chi connectivity index (χ3n) is 2.94. The summed E-state index contributed by atoms with van der Waals surface area (Å²) in [5.74, 6) is -3.67. The first kappa shape index (κ1) is 14.7. The van der Waals surface area contributed by atoms with Gasteiger partial charge in [0.25, 0.3) is 0 Å². The highest BCUT2D eigenvalue weighted by Gasteiger charge is 2.20. The van der Waals surface area contributed by atoms with Crippen LogP contribution in [0.25, 0.3) is 0 Å². The van der Waals surface area contributed by atoms with E-state index in [0.29, 0.717) is 16.3 Å². The van der Waals surface area contributed by atoms with Crippen molar-refractivity contribution in [2.24, 2.45) is 5.73 Å². The Kier molecular flexibility index (Phi) is 4.20. The van der Waals surface area contributed by atoms with E-state index in [2.05, 4.69) is 0 Å². The van der Waals surface area contributed by atoms with Gasteiger partial charge in [0.2, 0.25) is 0 Å². The molecule has 2 N–H and O–H groups in total. The topological polar surface area (TPSA) is 35.2 Å². The Hall–Kier alpha value is -1.72. The van der Waals surface area contributed by atoms with Crippen LogP contribution in [0.1, 0.15) is 17.2 Å². The van der Waals surface area contributed by atoms with Crippen LogP contribution >= 0.6 is 11.6 Å². The molecule has 1 atom stereocenters. The van der Waals surface area contributed by atoms with Gasteiger partial charge in [-0.3, -0.25) is 0 Å². The smallest absolute Gasteiger partial charge is 0.194 e. The molecule has 6 heteroatoms. The van der Waals surface area contributed by atoms with Crippen molar-refractivity contribution in [2.45, 2.75) is 6.04 Å². The normalized spacial score (nSPS) is 12.3. The molecule has 0 spiro atoms. The largest absolute Gasteiger partial charge is 0.495 e. The van der Waals surface area contributed by atoms with Gasteiger partial charge in [0.1, 0.15) is 5.75 Å². The fourth-order valence-electron chi connectivity index (χ4n) is 1.84. The summed E-state index contributed by atoms with van der Waals surface area (Å²) in [5, 5.41) is 0.295. The Morgan fingerprint density at radius 3 is 2.40 bits per heavy atom. The second kappa shape index (κ2) is 5.73. The molecular weight excluding hydrogens is 291 g/mol. The summed E-state index contributed by atoms with van der Waals surface area (Å²) in [6.07, 6.45) is 0. The lowest BCUT2D eigenvalue weighted by Crippen LogP contribution is -2.15. The van der Waals surface area contributed by atoms with E-state index in [1.165, 1.54) is 13.2 Å². The molecule has 0 aliphatic heterocycles. The molecule has 106 valence electrons. The standard InChI is InChI=1S/C14H11ClF3NO/c1-20-11-5-2-7(6-9(11)15)14(19)8-3-4-10(16)13(18)12(8)17/h2-6,14H,19H2,1H3. The summed E-state index contributed by atoms with van der Waals surface area (Å²) in [6, 6.07) is 5.61. The van der Waals surface area contributed by atoms with E-state index in [4.69, 9.17) is 22.1 Å². The van der Waals surface area contributed by atoms with Crippen molar-refractivity contribution in [3.63, 3.8) is 0 Å². The molecule has 2 aromatic rings. The van der Waals surface area contributed by atoms with Crippen LogP contribution in [-0.2, 0) is 0 Å². The maximum atomic E-state index is 13.7. The molecule has 1 unspecified atom stereocenters. The highest BCUT2D eigenvalue weighted by molar-refractivity contribution is 6.32. The van der Waals surface area contributed by atoms with Gasteiger partial charge in [-0.25, -0.2) is 13.2 Å². The molecule has 2 nitrogen and oxygen atoms in total. The molecule has 0 bridgehead atoms. The predicted octanol–water partition coefficient (Wildman–Crippen LogP) is 3.81. The summed E-state index contributed by atoms with van der Waals surface area (Å²) in [4.78, 5) is 0. The zero-order valence-corrected chi connectivity index (χ0v) is 11.2. The Morgan fingerprint density at radius 2 is 1.80 bits per heavy atom. The van der Waals surface area contributed by atoms with Gasteiger partial charge in [0.05, 0.1) is 18.2 Å². The van der Waals surface area contributed by atoms with Crippen molar-refractivity contribution in [1.29, 1.82) is 0 Å². The molecule has 0 aromatic heterocycles. The van der Waals surface area contributed by atoms with E-state index in [9.17, 15) is 13.2 Å². The van der Waals surface area contributed by atoms with Gasteiger partial charge in [-0.2, -0.15) is 0 Å². The lowest BCUT2D eigenvalue weighted by Gasteiger charge is -2.15. The van der Waals surface area contributed by atoms with Crippen molar-refractivity contribution < 1.29 is 17.9 Å². The quantitative estimate of drug-likeness (QED) is 0.875. The summed E-state index contributed by atoms with van der Waals surface area (Å²) in [6.45, 7) is 0. The number of halogens is 4. The number of nitrogens with two attached hydrogens (primary N) is 1. The summed E-state index contributed by atoms with van der Waals surface area (Å²) in [5.41, 5.74) is 6.18. The van der Waals surface area contributed by atoms with Gasteiger partial charge in [-0.15, -0.1) is 0 Å². The Balaban J connectivity index is 2.44. The van der Waals surface area contributed by atoms with Crippen LogP contribution in [0.2, 0.25) is 5.02 Å². The molecule has 2 aromatic carbocycles. The number of benzene rings is 2. The molecule has 0 amide bonds. The molecule has 0 aliphatic carbocycles. The first-order valence-electron chi connectivity index (χ1n) is 5.68. The fraction of sp³-hybridized carbons (Fsp3) is 0.143. The number of ether oxygens (including phenoxy) is 1.